The van der Waals surface area contributed by atoms with Gasteiger partial charge in [-0.1, -0.05) is 13.3 Å². The van der Waals surface area contributed by atoms with Gasteiger partial charge in [-0.05, 0) is 38.4 Å². The molecule has 4 nitrogen and oxygen atoms in total. The summed E-state index contributed by atoms with van der Waals surface area (Å²) in [5, 5.41) is 0. The first-order valence-corrected chi connectivity index (χ1v) is 6.93. The highest BCUT2D eigenvalue weighted by atomic mass is 15.3. The van der Waals surface area contributed by atoms with Crippen molar-refractivity contribution in [3.63, 3.8) is 0 Å². The molecule has 1 atom stereocenters. The van der Waals surface area contributed by atoms with Gasteiger partial charge in [-0.25, -0.2) is 9.97 Å². The molecular formula is C14H24N4. The summed E-state index contributed by atoms with van der Waals surface area (Å²) in [5.41, 5.74) is 1.23. The van der Waals surface area contributed by atoms with Crippen LogP contribution in [0.2, 0.25) is 0 Å². The number of hydrogen-bond donors (Lipinski definition) is 0. The zero-order valence-corrected chi connectivity index (χ0v) is 11.8. The van der Waals surface area contributed by atoms with Gasteiger partial charge in [-0.15, -0.1) is 0 Å². The molecule has 4 heteroatoms. The molecule has 1 aromatic rings. The van der Waals surface area contributed by atoms with Gasteiger partial charge in [0.15, 0.2) is 0 Å². The fraction of sp³-hybridized carbons (Fsp3) is 0.714. The Labute approximate surface area is 110 Å². The van der Waals surface area contributed by atoms with Crippen molar-refractivity contribution >= 4 is 5.95 Å². The summed E-state index contributed by atoms with van der Waals surface area (Å²) in [6.45, 7) is 4.41. The number of aryl methyl sites for hydroxylation is 1. The maximum absolute atomic E-state index is 4.46. The molecule has 2 rings (SSSR count). The first kappa shape index (κ1) is 13.3. The van der Waals surface area contributed by atoms with E-state index in [1.807, 2.05) is 12.4 Å². The fourth-order valence-corrected chi connectivity index (χ4v) is 2.57. The van der Waals surface area contributed by atoms with Gasteiger partial charge in [0, 0.05) is 32.0 Å². The summed E-state index contributed by atoms with van der Waals surface area (Å²) < 4.78 is 0. The van der Waals surface area contributed by atoms with Crippen LogP contribution in [0.25, 0.3) is 0 Å². The molecular weight excluding hydrogens is 224 g/mol. The van der Waals surface area contributed by atoms with Crippen molar-refractivity contribution in [3.8, 4) is 0 Å². The van der Waals surface area contributed by atoms with Crippen LogP contribution in [0.3, 0.4) is 0 Å². The summed E-state index contributed by atoms with van der Waals surface area (Å²) in [6.07, 6.45) is 8.72. The highest BCUT2D eigenvalue weighted by Crippen LogP contribution is 2.17. The molecule has 0 spiro atoms. The lowest BCUT2D eigenvalue weighted by Gasteiger charge is -2.25. The van der Waals surface area contributed by atoms with Crippen molar-refractivity contribution in [3.05, 3.63) is 18.0 Å². The predicted octanol–water partition coefficient (Wildman–Crippen LogP) is 1.96. The molecule has 18 heavy (non-hydrogen) atoms. The third-order valence-corrected chi connectivity index (χ3v) is 3.73. The standard InChI is InChI=1S/C14H24N4/c1-4-6-12-9-15-14(16-10-12)18(3)11-13-7-5-8-17(13)2/h9-10,13H,4-8,11H2,1-3H3/t13-/m1/s1. The lowest BCUT2D eigenvalue weighted by molar-refractivity contribution is 0.313. The van der Waals surface area contributed by atoms with Crippen LogP contribution < -0.4 is 4.90 Å². The normalized spacial score (nSPS) is 20.3. The number of nitrogens with zero attached hydrogens (tertiary/aromatic N) is 4. The highest BCUT2D eigenvalue weighted by molar-refractivity contribution is 5.28. The summed E-state index contributed by atoms with van der Waals surface area (Å²) in [6, 6.07) is 0.647. The molecule has 1 saturated heterocycles. The Hall–Kier alpha value is -1.16. The minimum Gasteiger partial charge on any atom is -0.342 e. The molecule has 0 aliphatic carbocycles. The summed E-state index contributed by atoms with van der Waals surface area (Å²) in [5.74, 6) is 0.843. The molecule has 1 fully saturated rings. The average Bonchev–Trinajstić information content (AvgIpc) is 2.76. The Bertz CT molecular complexity index is 363. The molecule has 2 heterocycles. The lowest BCUT2D eigenvalue weighted by atomic mass is 10.2. The van der Waals surface area contributed by atoms with E-state index in [1.165, 1.54) is 24.9 Å². The zero-order valence-electron chi connectivity index (χ0n) is 11.8. The van der Waals surface area contributed by atoms with E-state index in [0.29, 0.717) is 6.04 Å². The van der Waals surface area contributed by atoms with Crippen LogP contribution in [0.4, 0.5) is 5.95 Å². The fourth-order valence-electron chi connectivity index (χ4n) is 2.57. The van der Waals surface area contributed by atoms with Crippen LogP contribution in [-0.4, -0.2) is 48.1 Å². The maximum atomic E-state index is 4.46. The largest absolute Gasteiger partial charge is 0.342 e. The second kappa shape index (κ2) is 6.14. The van der Waals surface area contributed by atoms with Crippen LogP contribution >= 0.6 is 0 Å². The number of anilines is 1. The van der Waals surface area contributed by atoms with Gasteiger partial charge in [0.1, 0.15) is 0 Å². The van der Waals surface area contributed by atoms with Crippen molar-refractivity contribution in [1.82, 2.24) is 14.9 Å². The number of aromatic nitrogens is 2. The monoisotopic (exact) mass is 248 g/mol. The first-order chi connectivity index (χ1) is 8.70. The number of rotatable bonds is 5. The van der Waals surface area contributed by atoms with Crippen LogP contribution in [-0.2, 0) is 6.42 Å². The highest BCUT2D eigenvalue weighted by Gasteiger charge is 2.22. The topological polar surface area (TPSA) is 32.3 Å². The molecule has 0 unspecified atom stereocenters. The molecule has 0 radical (unpaired) electrons. The quantitative estimate of drug-likeness (QED) is 0.797. The Morgan fingerprint density at radius 3 is 2.67 bits per heavy atom. The number of likely N-dealkylation sites (tertiary alicyclic amines) is 1. The minimum absolute atomic E-state index is 0.647. The van der Waals surface area contributed by atoms with Gasteiger partial charge >= 0.3 is 0 Å². The Balaban J connectivity index is 1.93. The molecule has 1 aromatic heterocycles. The van der Waals surface area contributed by atoms with Crippen molar-refractivity contribution in [2.45, 2.75) is 38.6 Å². The molecule has 0 saturated carbocycles. The summed E-state index contributed by atoms with van der Waals surface area (Å²) in [7, 11) is 4.29. The molecule has 100 valence electrons. The molecule has 1 aliphatic heterocycles. The lowest BCUT2D eigenvalue weighted by Crippen LogP contribution is -2.37. The maximum Gasteiger partial charge on any atom is 0.225 e. The van der Waals surface area contributed by atoms with Gasteiger partial charge in [0.25, 0.3) is 0 Å². The van der Waals surface area contributed by atoms with E-state index in [0.717, 1.165) is 25.3 Å². The second-order valence-corrected chi connectivity index (χ2v) is 5.30. The Kier molecular flexibility index (Phi) is 4.53. The second-order valence-electron chi connectivity index (χ2n) is 5.30. The van der Waals surface area contributed by atoms with Gasteiger partial charge in [-0.2, -0.15) is 0 Å². The van der Waals surface area contributed by atoms with Crippen LogP contribution in [0.1, 0.15) is 31.7 Å². The molecule has 0 N–H and O–H groups in total. The molecule has 0 amide bonds. The Morgan fingerprint density at radius 1 is 1.39 bits per heavy atom. The van der Waals surface area contributed by atoms with Gasteiger partial charge in [0.05, 0.1) is 0 Å². The average molecular weight is 248 g/mol. The SMILES string of the molecule is CCCc1cnc(N(C)C[C@H]2CCCN2C)nc1. The van der Waals surface area contributed by atoms with E-state index >= 15 is 0 Å². The number of hydrogen-bond acceptors (Lipinski definition) is 4. The van der Waals surface area contributed by atoms with Gasteiger partial charge in [0.2, 0.25) is 5.95 Å². The molecule has 0 aromatic carbocycles. The third-order valence-electron chi connectivity index (χ3n) is 3.73. The van der Waals surface area contributed by atoms with Crippen LogP contribution in [0.15, 0.2) is 12.4 Å². The summed E-state index contributed by atoms with van der Waals surface area (Å²) in [4.78, 5) is 13.5. The summed E-state index contributed by atoms with van der Waals surface area (Å²) >= 11 is 0. The van der Waals surface area contributed by atoms with Crippen LogP contribution in [0, 0.1) is 0 Å². The molecule has 1 aliphatic rings. The van der Waals surface area contributed by atoms with E-state index in [9.17, 15) is 0 Å². The predicted molar refractivity (Wildman–Crippen MR) is 74.9 cm³/mol. The van der Waals surface area contributed by atoms with E-state index in [1.54, 1.807) is 0 Å². The van der Waals surface area contributed by atoms with E-state index in [2.05, 4.69) is 40.8 Å². The van der Waals surface area contributed by atoms with Gasteiger partial charge < -0.3 is 9.80 Å². The van der Waals surface area contributed by atoms with E-state index in [-0.39, 0.29) is 0 Å². The van der Waals surface area contributed by atoms with Crippen molar-refractivity contribution in [2.75, 3.05) is 32.1 Å². The Morgan fingerprint density at radius 2 is 2.11 bits per heavy atom. The first-order valence-electron chi connectivity index (χ1n) is 6.93. The van der Waals surface area contributed by atoms with E-state index in [4.69, 9.17) is 0 Å². The smallest absolute Gasteiger partial charge is 0.225 e. The van der Waals surface area contributed by atoms with E-state index < -0.39 is 0 Å². The van der Waals surface area contributed by atoms with Crippen molar-refractivity contribution in [1.29, 1.82) is 0 Å². The molecule has 0 bridgehead atoms. The zero-order chi connectivity index (χ0) is 13.0. The third kappa shape index (κ3) is 3.19. The van der Waals surface area contributed by atoms with Crippen molar-refractivity contribution < 1.29 is 0 Å². The minimum atomic E-state index is 0.647. The van der Waals surface area contributed by atoms with Gasteiger partial charge in [-0.3, -0.25) is 0 Å². The van der Waals surface area contributed by atoms with Crippen molar-refractivity contribution in [2.24, 2.45) is 0 Å². The van der Waals surface area contributed by atoms with Crippen LogP contribution in [0.5, 0.6) is 0 Å². The number of likely N-dealkylation sites (N-methyl/N-ethyl adjacent to an activating group) is 2.